The second-order valence-corrected chi connectivity index (χ2v) is 7.13. The minimum atomic E-state index is -1.06. The zero-order chi connectivity index (χ0) is 19.1. The van der Waals surface area contributed by atoms with Crippen LogP contribution in [0.1, 0.15) is 17.7 Å². The Morgan fingerprint density at radius 3 is 2.67 bits per heavy atom. The molecule has 27 heavy (non-hydrogen) atoms. The van der Waals surface area contributed by atoms with Crippen LogP contribution in [0, 0.1) is 0 Å². The van der Waals surface area contributed by atoms with Crippen LogP contribution < -0.4 is 4.90 Å². The van der Waals surface area contributed by atoms with E-state index < -0.39 is 5.97 Å². The highest BCUT2D eigenvalue weighted by molar-refractivity contribution is 6.35. The van der Waals surface area contributed by atoms with Gasteiger partial charge in [0, 0.05) is 29.8 Å². The predicted molar refractivity (Wildman–Crippen MR) is 104 cm³/mol. The average Bonchev–Trinajstić information content (AvgIpc) is 3.17. The van der Waals surface area contributed by atoms with Crippen molar-refractivity contribution in [2.75, 3.05) is 11.4 Å². The van der Waals surface area contributed by atoms with Gasteiger partial charge < -0.3 is 10.0 Å². The number of carboxylic acids is 1. The molecule has 0 saturated carbocycles. The molecule has 0 spiro atoms. The smallest absolute Gasteiger partial charge is 0.332 e. The first kappa shape index (κ1) is 17.8. The summed E-state index contributed by atoms with van der Waals surface area (Å²) in [6.07, 6.45) is 2.29. The van der Waals surface area contributed by atoms with E-state index in [1.165, 1.54) is 6.07 Å². The molecule has 0 bridgehead atoms. The number of hydrogen-bond acceptors (Lipinski definition) is 3. The molecule has 1 fully saturated rings. The highest BCUT2D eigenvalue weighted by Crippen LogP contribution is 2.40. The minimum absolute atomic E-state index is 0.126. The molecule has 5 nitrogen and oxygen atoms in total. The van der Waals surface area contributed by atoms with Crippen LogP contribution in [0.15, 0.2) is 53.6 Å². The van der Waals surface area contributed by atoms with E-state index in [4.69, 9.17) is 23.2 Å². The van der Waals surface area contributed by atoms with E-state index in [0.717, 1.165) is 5.69 Å². The van der Waals surface area contributed by atoms with Crippen LogP contribution in [0.3, 0.4) is 0 Å². The second kappa shape index (κ2) is 6.83. The lowest BCUT2D eigenvalue weighted by atomic mass is 10.0. The lowest BCUT2D eigenvalue weighted by molar-refractivity contribution is -0.132. The number of carboxylic acid groups (broad SMARTS) is 1. The zero-order valence-electron chi connectivity index (χ0n) is 14.1. The van der Waals surface area contributed by atoms with Crippen LogP contribution in [-0.4, -0.2) is 28.5 Å². The number of nitrogens with zero attached hydrogens (tertiary/aromatic N) is 2. The Labute approximate surface area is 165 Å². The summed E-state index contributed by atoms with van der Waals surface area (Å²) in [5.74, 6) is -1.19. The van der Waals surface area contributed by atoms with Crippen molar-refractivity contribution < 1.29 is 14.7 Å². The molecule has 2 heterocycles. The number of amides is 1. The van der Waals surface area contributed by atoms with Gasteiger partial charge >= 0.3 is 5.97 Å². The maximum absolute atomic E-state index is 12.8. The van der Waals surface area contributed by atoms with Crippen molar-refractivity contribution in [3.8, 4) is 0 Å². The largest absolute Gasteiger partial charge is 0.478 e. The molecule has 0 atom stereocenters. The van der Waals surface area contributed by atoms with Crippen LogP contribution in [0.4, 0.5) is 5.69 Å². The van der Waals surface area contributed by atoms with Gasteiger partial charge in [-0.15, -0.1) is 0 Å². The maximum Gasteiger partial charge on any atom is 0.332 e. The molecular weight excluding hydrogens is 387 g/mol. The zero-order valence-corrected chi connectivity index (χ0v) is 15.6. The van der Waals surface area contributed by atoms with Crippen molar-refractivity contribution in [3.05, 3.63) is 75.1 Å². The normalized spacial score (nSPS) is 17.8. The van der Waals surface area contributed by atoms with Crippen molar-refractivity contribution in [3.63, 3.8) is 0 Å². The summed E-state index contributed by atoms with van der Waals surface area (Å²) in [6.45, 7) is 0.545. The molecule has 0 unspecified atom stereocenters. The molecule has 1 aromatic carbocycles. The van der Waals surface area contributed by atoms with Gasteiger partial charge in [-0.25, -0.2) is 9.78 Å². The number of aromatic nitrogens is 1. The summed E-state index contributed by atoms with van der Waals surface area (Å²) < 4.78 is 0. The van der Waals surface area contributed by atoms with E-state index in [1.54, 1.807) is 11.0 Å². The number of rotatable bonds is 3. The SMILES string of the molecule is O=C(O)C1=C(/C=C2\CCN(c3ccccc3)C2=O)c2c(Cl)cc(Cl)nc2C1. The molecule has 1 aliphatic carbocycles. The molecule has 0 radical (unpaired) electrons. The first-order valence-corrected chi connectivity index (χ1v) is 9.10. The number of aliphatic carboxylic acids is 1. The molecular formula is C20H14Cl2N2O3. The van der Waals surface area contributed by atoms with Crippen molar-refractivity contribution in [2.45, 2.75) is 12.8 Å². The Hall–Kier alpha value is -2.63. The van der Waals surface area contributed by atoms with Crippen molar-refractivity contribution >= 4 is 46.3 Å². The number of carbonyl (C=O) groups excluding carboxylic acids is 1. The fourth-order valence-electron chi connectivity index (χ4n) is 3.48. The molecule has 1 saturated heterocycles. The summed E-state index contributed by atoms with van der Waals surface area (Å²) >= 11 is 12.3. The van der Waals surface area contributed by atoms with Gasteiger partial charge in [-0.3, -0.25) is 4.79 Å². The van der Waals surface area contributed by atoms with Crippen molar-refractivity contribution in [1.82, 2.24) is 4.98 Å². The number of carbonyl (C=O) groups is 2. The number of anilines is 1. The van der Waals surface area contributed by atoms with E-state index in [1.807, 2.05) is 30.3 Å². The molecule has 1 amide bonds. The summed E-state index contributed by atoms with van der Waals surface area (Å²) in [5, 5.41) is 10.1. The molecule has 1 aromatic heterocycles. The molecule has 2 aliphatic rings. The standard InChI is InChI=1S/C20H14Cl2N2O3/c21-15-10-17(22)23-16-9-14(20(26)27)13(18(15)16)8-11-6-7-24(19(11)25)12-4-2-1-3-5-12/h1-5,8,10H,6-7,9H2,(H,26,27)/b11-8+. The van der Waals surface area contributed by atoms with Gasteiger partial charge in [0.25, 0.3) is 5.91 Å². The number of para-hydroxylation sites is 1. The molecule has 4 rings (SSSR count). The van der Waals surface area contributed by atoms with E-state index in [9.17, 15) is 14.7 Å². The summed E-state index contributed by atoms with van der Waals surface area (Å²) in [7, 11) is 0. The van der Waals surface area contributed by atoms with Crippen LogP contribution >= 0.6 is 23.2 Å². The Kier molecular flexibility index (Phi) is 4.50. The monoisotopic (exact) mass is 400 g/mol. The molecule has 2 aromatic rings. The lowest BCUT2D eigenvalue weighted by Crippen LogP contribution is -2.24. The molecule has 1 N–H and O–H groups in total. The van der Waals surface area contributed by atoms with Gasteiger partial charge in [0.15, 0.2) is 0 Å². The third kappa shape index (κ3) is 3.13. The number of halogens is 2. The van der Waals surface area contributed by atoms with Gasteiger partial charge in [-0.05, 0) is 36.3 Å². The number of allylic oxidation sites excluding steroid dienone is 2. The maximum atomic E-state index is 12.8. The van der Waals surface area contributed by atoms with E-state index in [0.29, 0.717) is 40.4 Å². The van der Waals surface area contributed by atoms with E-state index >= 15 is 0 Å². The number of fused-ring (bicyclic) bond motifs is 1. The fourth-order valence-corrected chi connectivity index (χ4v) is 4.07. The Balaban J connectivity index is 1.76. The van der Waals surface area contributed by atoms with E-state index in [2.05, 4.69) is 4.98 Å². The van der Waals surface area contributed by atoms with Gasteiger partial charge in [0.2, 0.25) is 0 Å². The van der Waals surface area contributed by atoms with Crippen molar-refractivity contribution in [2.24, 2.45) is 0 Å². The first-order chi connectivity index (χ1) is 13.0. The Morgan fingerprint density at radius 2 is 1.96 bits per heavy atom. The van der Waals surface area contributed by atoms with Crippen molar-refractivity contribution in [1.29, 1.82) is 0 Å². The highest BCUT2D eigenvalue weighted by Gasteiger charge is 2.32. The van der Waals surface area contributed by atoms with Gasteiger partial charge in [0.1, 0.15) is 5.15 Å². The number of pyridine rings is 1. The first-order valence-electron chi connectivity index (χ1n) is 8.35. The number of hydrogen-bond donors (Lipinski definition) is 1. The summed E-state index contributed by atoms with van der Waals surface area (Å²) in [6, 6.07) is 10.9. The molecule has 1 aliphatic heterocycles. The van der Waals surface area contributed by atoms with Gasteiger partial charge in [-0.2, -0.15) is 0 Å². The second-order valence-electron chi connectivity index (χ2n) is 6.33. The third-order valence-corrected chi connectivity index (χ3v) is 5.21. The highest BCUT2D eigenvalue weighted by atomic mass is 35.5. The number of benzene rings is 1. The fraction of sp³-hybridized carbons (Fsp3) is 0.150. The average molecular weight is 401 g/mol. The lowest BCUT2D eigenvalue weighted by Gasteiger charge is -2.14. The quantitative estimate of drug-likeness (QED) is 0.620. The predicted octanol–water partition coefficient (Wildman–Crippen LogP) is 4.15. The van der Waals surface area contributed by atoms with E-state index in [-0.39, 0.29) is 23.1 Å². The minimum Gasteiger partial charge on any atom is -0.478 e. The van der Waals surface area contributed by atoms with Crippen LogP contribution in [0.25, 0.3) is 5.57 Å². The van der Waals surface area contributed by atoms with Gasteiger partial charge in [-0.1, -0.05) is 41.4 Å². The summed E-state index contributed by atoms with van der Waals surface area (Å²) in [5.41, 5.74) is 3.02. The van der Waals surface area contributed by atoms with Gasteiger partial charge in [0.05, 0.1) is 16.3 Å². The van der Waals surface area contributed by atoms with Crippen LogP contribution in [0.2, 0.25) is 10.2 Å². The Bertz CT molecular complexity index is 1030. The molecule has 136 valence electrons. The molecule has 7 heteroatoms. The van der Waals surface area contributed by atoms with Crippen LogP contribution in [-0.2, 0) is 16.0 Å². The third-order valence-electron chi connectivity index (χ3n) is 4.72. The summed E-state index contributed by atoms with van der Waals surface area (Å²) in [4.78, 5) is 30.5. The topological polar surface area (TPSA) is 70.5 Å². The van der Waals surface area contributed by atoms with Crippen LogP contribution in [0.5, 0.6) is 0 Å². The Morgan fingerprint density at radius 1 is 1.22 bits per heavy atom.